The van der Waals surface area contributed by atoms with Crippen molar-refractivity contribution in [1.82, 2.24) is 0 Å². The monoisotopic (exact) mass is 693 g/mol. The van der Waals surface area contributed by atoms with Crippen LogP contribution in [0.2, 0.25) is 0 Å². The summed E-state index contributed by atoms with van der Waals surface area (Å²) in [6.07, 6.45) is 0. The minimum atomic E-state index is -0.133. The van der Waals surface area contributed by atoms with Gasteiger partial charge in [0, 0.05) is 33.0 Å². The highest BCUT2D eigenvalue weighted by Gasteiger charge is 2.39. The molecule has 0 radical (unpaired) electrons. The average molecular weight is 694 g/mol. The van der Waals surface area contributed by atoms with Crippen molar-refractivity contribution >= 4 is 49.8 Å². The molecule has 0 N–H and O–H groups in total. The number of benzene rings is 8. The topological polar surface area (TPSA) is 16.4 Å². The first-order chi connectivity index (χ1) is 26.3. The van der Waals surface area contributed by atoms with Gasteiger partial charge in [-0.25, -0.2) is 0 Å². The second-order valence-corrected chi connectivity index (χ2v) is 16.1. The third-order valence-corrected chi connectivity index (χ3v) is 12.5. The molecule has 11 rings (SSSR count). The standard InChI is InChI=1S/C52H39NO/c1-51(2)41-19-10-7-16-37(41)40-31-35(26-28-43(40)51)53(45-22-13-21-44-48(45)38-17-8-11-20-42(38)52(44,3)4)46-29-27-36(34-25-24-32-14-5-6-15-33(32)30-34)50-49(46)39-18-9-12-23-47(39)54-50/h5-31H,1-4H3. The van der Waals surface area contributed by atoms with Gasteiger partial charge in [-0.05, 0) is 97.7 Å². The first-order valence-electron chi connectivity index (χ1n) is 19.0. The second kappa shape index (κ2) is 11.1. The third-order valence-electron chi connectivity index (χ3n) is 12.5. The fourth-order valence-electron chi connectivity index (χ4n) is 9.76. The van der Waals surface area contributed by atoms with Crippen molar-refractivity contribution < 1.29 is 4.42 Å². The Balaban J connectivity index is 1.23. The maximum atomic E-state index is 6.92. The molecule has 0 spiro atoms. The van der Waals surface area contributed by atoms with Crippen molar-refractivity contribution in [3.63, 3.8) is 0 Å². The Morgan fingerprint density at radius 2 is 1.11 bits per heavy atom. The van der Waals surface area contributed by atoms with E-state index >= 15 is 0 Å². The van der Waals surface area contributed by atoms with E-state index in [0.717, 1.165) is 44.4 Å². The Labute approximate surface area is 315 Å². The van der Waals surface area contributed by atoms with E-state index in [1.165, 1.54) is 61.0 Å². The van der Waals surface area contributed by atoms with Crippen molar-refractivity contribution in [1.29, 1.82) is 0 Å². The molecular formula is C52H39NO. The van der Waals surface area contributed by atoms with Gasteiger partial charge in [0.05, 0.1) is 16.8 Å². The van der Waals surface area contributed by atoms with Crippen molar-refractivity contribution in [3.05, 3.63) is 186 Å². The third kappa shape index (κ3) is 4.23. The number of para-hydroxylation sites is 1. The quantitative estimate of drug-likeness (QED) is 0.182. The Morgan fingerprint density at radius 1 is 0.444 bits per heavy atom. The van der Waals surface area contributed by atoms with E-state index in [4.69, 9.17) is 4.42 Å². The number of fused-ring (bicyclic) bond motifs is 10. The molecule has 2 nitrogen and oxygen atoms in total. The van der Waals surface area contributed by atoms with Gasteiger partial charge in [-0.2, -0.15) is 0 Å². The van der Waals surface area contributed by atoms with Crippen LogP contribution < -0.4 is 4.90 Å². The molecule has 8 aromatic carbocycles. The molecule has 9 aromatic rings. The lowest BCUT2D eigenvalue weighted by molar-refractivity contribution is 0.660. The van der Waals surface area contributed by atoms with Crippen LogP contribution in [0.3, 0.4) is 0 Å². The maximum absolute atomic E-state index is 6.92. The molecule has 0 atom stereocenters. The average Bonchev–Trinajstić information content (AvgIpc) is 3.79. The lowest BCUT2D eigenvalue weighted by Crippen LogP contribution is -2.17. The molecule has 0 saturated heterocycles. The van der Waals surface area contributed by atoms with E-state index in [1.807, 2.05) is 0 Å². The summed E-state index contributed by atoms with van der Waals surface area (Å²) in [5.74, 6) is 0. The van der Waals surface area contributed by atoms with E-state index in [9.17, 15) is 0 Å². The number of rotatable bonds is 4. The van der Waals surface area contributed by atoms with Gasteiger partial charge in [0.25, 0.3) is 0 Å². The van der Waals surface area contributed by atoms with Crippen LogP contribution in [0, 0.1) is 0 Å². The summed E-state index contributed by atoms with van der Waals surface area (Å²) < 4.78 is 6.92. The van der Waals surface area contributed by atoms with Crippen LogP contribution >= 0.6 is 0 Å². The summed E-state index contributed by atoms with van der Waals surface area (Å²) in [5.41, 5.74) is 17.8. The molecule has 2 heteroatoms. The molecule has 0 amide bonds. The number of hydrogen-bond acceptors (Lipinski definition) is 2. The molecule has 0 bridgehead atoms. The zero-order valence-electron chi connectivity index (χ0n) is 30.9. The van der Waals surface area contributed by atoms with E-state index in [0.29, 0.717) is 0 Å². The summed E-state index contributed by atoms with van der Waals surface area (Å²) in [6, 6.07) is 60.3. The second-order valence-electron chi connectivity index (χ2n) is 16.1. The first-order valence-corrected chi connectivity index (χ1v) is 19.0. The molecule has 0 fully saturated rings. The van der Waals surface area contributed by atoms with Gasteiger partial charge in [0.15, 0.2) is 0 Å². The van der Waals surface area contributed by atoms with E-state index in [1.54, 1.807) is 0 Å². The number of hydrogen-bond donors (Lipinski definition) is 0. The molecule has 2 aliphatic rings. The molecular weight excluding hydrogens is 655 g/mol. The molecule has 1 aromatic heterocycles. The number of nitrogens with zero attached hydrogens (tertiary/aromatic N) is 1. The van der Waals surface area contributed by atoms with Gasteiger partial charge in [0.1, 0.15) is 11.2 Å². The molecule has 0 saturated carbocycles. The summed E-state index contributed by atoms with van der Waals surface area (Å²) in [4.78, 5) is 2.51. The summed E-state index contributed by atoms with van der Waals surface area (Å²) in [6.45, 7) is 9.43. The van der Waals surface area contributed by atoms with Crippen LogP contribution in [0.15, 0.2) is 168 Å². The van der Waals surface area contributed by atoms with Gasteiger partial charge in [-0.1, -0.05) is 149 Å². The van der Waals surface area contributed by atoms with Crippen molar-refractivity contribution in [3.8, 4) is 33.4 Å². The van der Waals surface area contributed by atoms with Gasteiger partial charge in [-0.3, -0.25) is 0 Å². The normalized spacial score (nSPS) is 14.6. The highest BCUT2D eigenvalue weighted by atomic mass is 16.3. The fraction of sp³-hybridized carbons (Fsp3) is 0.115. The highest BCUT2D eigenvalue weighted by molar-refractivity contribution is 6.18. The minimum Gasteiger partial charge on any atom is -0.455 e. The molecule has 2 aliphatic carbocycles. The van der Waals surface area contributed by atoms with Crippen LogP contribution in [-0.4, -0.2) is 0 Å². The molecule has 0 unspecified atom stereocenters. The largest absolute Gasteiger partial charge is 0.455 e. The fourth-order valence-corrected chi connectivity index (χ4v) is 9.76. The Morgan fingerprint density at radius 3 is 1.96 bits per heavy atom. The molecule has 0 aliphatic heterocycles. The van der Waals surface area contributed by atoms with Gasteiger partial charge < -0.3 is 9.32 Å². The summed E-state index contributed by atoms with van der Waals surface area (Å²) in [5, 5.41) is 4.66. The van der Waals surface area contributed by atoms with Crippen LogP contribution in [-0.2, 0) is 10.8 Å². The van der Waals surface area contributed by atoms with Crippen LogP contribution in [0.25, 0.3) is 66.1 Å². The van der Waals surface area contributed by atoms with Crippen LogP contribution in [0.5, 0.6) is 0 Å². The van der Waals surface area contributed by atoms with Crippen molar-refractivity contribution in [2.75, 3.05) is 4.90 Å². The van der Waals surface area contributed by atoms with E-state index < -0.39 is 0 Å². The lowest BCUT2D eigenvalue weighted by Gasteiger charge is -2.30. The van der Waals surface area contributed by atoms with E-state index in [2.05, 4.69) is 196 Å². The molecule has 54 heavy (non-hydrogen) atoms. The lowest BCUT2D eigenvalue weighted by atomic mass is 9.82. The smallest absolute Gasteiger partial charge is 0.145 e. The first kappa shape index (κ1) is 31.2. The maximum Gasteiger partial charge on any atom is 0.145 e. The number of furan rings is 1. The van der Waals surface area contributed by atoms with Crippen molar-refractivity contribution in [2.45, 2.75) is 38.5 Å². The Hall–Kier alpha value is -6.38. The molecule has 1 heterocycles. The van der Waals surface area contributed by atoms with Crippen LogP contribution in [0.1, 0.15) is 49.9 Å². The van der Waals surface area contributed by atoms with Gasteiger partial charge >= 0.3 is 0 Å². The van der Waals surface area contributed by atoms with Gasteiger partial charge in [0.2, 0.25) is 0 Å². The van der Waals surface area contributed by atoms with Gasteiger partial charge in [-0.15, -0.1) is 0 Å². The zero-order valence-corrected chi connectivity index (χ0v) is 30.9. The summed E-state index contributed by atoms with van der Waals surface area (Å²) in [7, 11) is 0. The highest BCUT2D eigenvalue weighted by Crippen LogP contribution is 2.57. The Bertz CT molecular complexity index is 3010. The van der Waals surface area contributed by atoms with Crippen LogP contribution in [0.4, 0.5) is 17.1 Å². The predicted molar refractivity (Wildman–Crippen MR) is 226 cm³/mol. The predicted octanol–water partition coefficient (Wildman–Crippen LogP) is 14.5. The zero-order chi connectivity index (χ0) is 36.3. The van der Waals surface area contributed by atoms with Crippen molar-refractivity contribution in [2.24, 2.45) is 0 Å². The number of anilines is 3. The minimum absolute atomic E-state index is 0.0816. The Kier molecular flexibility index (Phi) is 6.39. The van der Waals surface area contributed by atoms with E-state index in [-0.39, 0.29) is 10.8 Å². The molecule has 258 valence electrons. The summed E-state index contributed by atoms with van der Waals surface area (Å²) >= 11 is 0. The SMILES string of the molecule is CC1(C)c2ccccc2-c2cc(N(c3cccc4c3-c3ccccc3C4(C)C)c3ccc(-c4ccc5ccccc5c4)c4oc5ccccc5c34)ccc21.